The summed E-state index contributed by atoms with van der Waals surface area (Å²) >= 11 is 0. The molecule has 0 saturated carbocycles. The molecule has 4 heterocycles. The number of benzene rings is 4. The van der Waals surface area contributed by atoms with Gasteiger partial charge in [0.1, 0.15) is 0 Å². The average Bonchev–Trinajstić information content (AvgIpc) is 3.38. The number of nitrogens with zero attached hydrogens (tertiary/aromatic N) is 4. The summed E-state index contributed by atoms with van der Waals surface area (Å²) in [6.07, 6.45) is 9.28. The van der Waals surface area contributed by atoms with Crippen LogP contribution in [0.3, 0.4) is 0 Å². The van der Waals surface area contributed by atoms with Gasteiger partial charge < -0.3 is 4.57 Å². The van der Waals surface area contributed by atoms with Gasteiger partial charge in [-0.2, -0.15) is 0 Å². The third-order valence-corrected chi connectivity index (χ3v) is 7.59. The minimum Gasteiger partial charge on any atom is -0.308 e. The quantitative estimate of drug-likeness (QED) is 0.229. The van der Waals surface area contributed by atoms with E-state index in [9.17, 15) is 0 Å². The van der Waals surface area contributed by atoms with Crippen molar-refractivity contribution in [1.29, 1.82) is 0 Å². The molecular weight excluding hydrogens is 476 g/mol. The Morgan fingerprint density at radius 1 is 0.462 bits per heavy atom. The molecule has 0 spiro atoms. The number of pyridine rings is 3. The summed E-state index contributed by atoms with van der Waals surface area (Å²) < 4.78 is 2.41. The van der Waals surface area contributed by atoms with Crippen LogP contribution in [0.25, 0.3) is 71.4 Å². The molecule has 4 heteroatoms. The minimum absolute atomic E-state index is 1.02. The number of para-hydroxylation sites is 1. The molecule has 39 heavy (non-hydrogen) atoms. The molecule has 0 aliphatic heterocycles. The van der Waals surface area contributed by atoms with Gasteiger partial charge in [-0.25, -0.2) is 0 Å². The summed E-state index contributed by atoms with van der Waals surface area (Å²) in [5.41, 5.74) is 8.98. The van der Waals surface area contributed by atoms with Crippen LogP contribution in [0.1, 0.15) is 0 Å². The van der Waals surface area contributed by atoms with Gasteiger partial charge in [-0.3, -0.25) is 15.0 Å². The van der Waals surface area contributed by atoms with Crippen molar-refractivity contribution in [2.24, 2.45) is 0 Å². The fourth-order valence-electron chi connectivity index (χ4n) is 5.92. The van der Waals surface area contributed by atoms with E-state index in [4.69, 9.17) is 4.98 Å². The van der Waals surface area contributed by atoms with Crippen LogP contribution in [0.15, 0.2) is 134 Å². The van der Waals surface area contributed by atoms with Crippen molar-refractivity contribution in [2.75, 3.05) is 0 Å². The highest BCUT2D eigenvalue weighted by molar-refractivity contribution is 6.31. The lowest BCUT2D eigenvalue weighted by molar-refractivity contribution is 1.19. The second-order valence-electron chi connectivity index (χ2n) is 9.76. The van der Waals surface area contributed by atoms with E-state index < -0.39 is 0 Å². The van der Waals surface area contributed by atoms with Crippen LogP contribution in [-0.4, -0.2) is 19.5 Å². The molecule has 0 fully saturated rings. The Morgan fingerprint density at radius 3 is 1.74 bits per heavy atom. The van der Waals surface area contributed by atoms with E-state index in [-0.39, 0.29) is 0 Å². The lowest BCUT2D eigenvalue weighted by Crippen LogP contribution is -1.97. The highest BCUT2D eigenvalue weighted by Gasteiger charge is 2.20. The zero-order valence-corrected chi connectivity index (χ0v) is 21.0. The van der Waals surface area contributed by atoms with Gasteiger partial charge in [-0.05, 0) is 88.3 Å². The van der Waals surface area contributed by atoms with Gasteiger partial charge in [0, 0.05) is 58.2 Å². The molecule has 0 bridgehead atoms. The van der Waals surface area contributed by atoms with Gasteiger partial charge in [0.2, 0.25) is 0 Å². The zero-order chi connectivity index (χ0) is 25.8. The number of rotatable bonds is 3. The Morgan fingerprint density at radius 2 is 1.05 bits per heavy atom. The predicted octanol–water partition coefficient (Wildman–Crippen LogP) is 8.61. The minimum atomic E-state index is 1.02. The van der Waals surface area contributed by atoms with Gasteiger partial charge in [-0.15, -0.1) is 0 Å². The molecule has 4 aromatic heterocycles. The summed E-state index contributed by atoms with van der Waals surface area (Å²) in [4.78, 5) is 13.4. The molecule has 4 aromatic carbocycles. The van der Waals surface area contributed by atoms with Crippen LogP contribution in [0.2, 0.25) is 0 Å². The van der Waals surface area contributed by atoms with Crippen LogP contribution >= 0.6 is 0 Å². The fourth-order valence-corrected chi connectivity index (χ4v) is 5.92. The first-order valence-corrected chi connectivity index (χ1v) is 13.0. The zero-order valence-electron chi connectivity index (χ0n) is 21.0. The summed E-state index contributed by atoms with van der Waals surface area (Å²) in [6, 6.07) is 36.6. The number of aromatic nitrogens is 4. The molecule has 182 valence electrons. The molecule has 0 aliphatic rings. The van der Waals surface area contributed by atoms with Gasteiger partial charge in [0.15, 0.2) is 0 Å². The molecule has 8 aromatic rings. The van der Waals surface area contributed by atoms with Crippen molar-refractivity contribution < 1.29 is 0 Å². The molecule has 0 unspecified atom stereocenters. The van der Waals surface area contributed by atoms with Crippen molar-refractivity contribution in [3.8, 4) is 27.9 Å². The Labute approximate surface area is 224 Å². The topological polar surface area (TPSA) is 43.6 Å². The van der Waals surface area contributed by atoms with Gasteiger partial charge in [0.05, 0.1) is 16.6 Å². The number of fused-ring (bicyclic) bond motifs is 8. The van der Waals surface area contributed by atoms with E-state index in [1.807, 2.05) is 37.1 Å². The maximum absolute atomic E-state index is 4.87. The first-order chi connectivity index (χ1) is 19.4. The van der Waals surface area contributed by atoms with Crippen molar-refractivity contribution in [3.05, 3.63) is 134 Å². The Hall–Kier alpha value is -5.35. The molecule has 4 nitrogen and oxygen atoms in total. The molecular formula is C35H22N4. The number of hydrogen-bond acceptors (Lipinski definition) is 3. The van der Waals surface area contributed by atoms with Gasteiger partial charge in [0.25, 0.3) is 0 Å². The van der Waals surface area contributed by atoms with Gasteiger partial charge >= 0.3 is 0 Å². The Balaban J connectivity index is 1.57. The molecule has 0 aliphatic carbocycles. The summed E-state index contributed by atoms with van der Waals surface area (Å²) in [7, 11) is 0. The van der Waals surface area contributed by atoms with Crippen LogP contribution in [0.5, 0.6) is 0 Å². The Bertz CT molecular complexity index is 2110. The molecule has 0 N–H and O–H groups in total. The van der Waals surface area contributed by atoms with E-state index in [0.29, 0.717) is 0 Å². The van der Waals surface area contributed by atoms with E-state index in [0.717, 1.165) is 38.8 Å². The Kier molecular flexibility index (Phi) is 4.79. The molecule has 0 radical (unpaired) electrons. The third-order valence-electron chi connectivity index (χ3n) is 7.59. The monoisotopic (exact) mass is 498 g/mol. The van der Waals surface area contributed by atoms with E-state index in [2.05, 4.69) is 112 Å². The largest absolute Gasteiger partial charge is 0.308 e. The molecule has 0 amide bonds. The highest BCUT2D eigenvalue weighted by atomic mass is 15.0. The highest BCUT2D eigenvalue weighted by Crippen LogP contribution is 2.42. The van der Waals surface area contributed by atoms with Crippen LogP contribution in [0.4, 0.5) is 0 Å². The fraction of sp³-hybridized carbons (Fsp3) is 0. The van der Waals surface area contributed by atoms with Crippen molar-refractivity contribution >= 4 is 43.5 Å². The third kappa shape index (κ3) is 3.35. The van der Waals surface area contributed by atoms with Crippen LogP contribution in [-0.2, 0) is 0 Å². The smallest absolute Gasteiger partial charge is 0.0801 e. The normalized spacial score (nSPS) is 11.6. The average molecular weight is 499 g/mol. The maximum atomic E-state index is 4.87. The number of hydrogen-bond donors (Lipinski definition) is 0. The van der Waals surface area contributed by atoms with E-state index in [1.165, 1.54) is 32.6 Å². The van der Waals surface area contributed by atoms with Crippen molar-refractivity contribution in [3.63, 3.8) is 0 Å². The SMILES string of the molecule is c1ccc2c(c1)c1ncccc1c1c2c2ccccc2n1-c1cc(-c2ccncc2)cc(-c2ccncc2)c1. The van der Waals surface area contributed by atoms with Gasteiger partial charge in [-0.1, -0.05) is 42.5 Å². The first kappa shape index (κ1) is 21.7. The molecule has 8 rings (SSSR count). The lowest BCUT2D eigenvalue weighted by Gasteiger charge is -2.15. The predicted molar refractivity (Wildman–Crippen MR) is 160 cm³/mol. The summed E-state index contributed by atoms with van der Waals surface area (Å²) in [6.45, 7) is 0. The van der Waals surface area contributed by atoms with Crippen LogP contribution in [0, 0.1) is 0 Å². The maximum Gasteiger partial charge on any atom is 0.0801 e. The van der Waals surface area contributed by atoms with E-state index in [1.54, 1.807) is 0 Å². The summed E-state index contributed by atoms with van der Waals surface area (Å²) in [5, 5.41) is 6.01. The second-order valence-corrected chi connectivity index (χ2v) is 9.76. The first-order valence-electron chi connectivity index (χ1n) is 13.0. The molecule has 0 saturated heterocycles. The standard InChI is InChI=1S/C35H22N4/c1-2-7-29-28(6-1)33-30-8-3-4-10-32(30)39(35(33)31-9-5-15-38-34(29)31)27-21-25(23-11-16-36-17-12-23)20-26(22-27)24-13-18-37-19-14-24/h1-22H. The summed E-state index contributed by atoms with van der Waals surface area (Å²) in [5.74, 6) is 0. The lowest BCUT2D eigenvalue weighted by atomic mass is 9.98. The van der Waals surface area contributed by atoms with Crippen molar-refractivity contribution in [1.82, 2.24) is 19.5 Å². The molecule has 0 atom stereocenters. The van der Waals surface area contributed by atoms with Crippen LogP contribution < -0.4 is 0 Å². The van der Waals surface area contributed by atoms with E-state index >= 15 is 0 Å². The second kappa shape index (κ2) is 8.61. The van der Waals surface area contributed by atoms with Crippen molar-refractivity contribution in [2.45, 2.75) is 0 Å².